The van der Waals surface area contributed by atoms with Gasteiger partial charge in [-0.2, -0.15) is 0 Å². The van der Waals surface area contributed by atoms with Crippen molar-refractivity contribution in [2.45, 2.75) is 31.7 Å². The number of carbonyl (C=O) groups excluding carboxylic acids is 1. The first-order chi connectivity index (χ1) is 10.0. The van der Waals surface area contributed by atoms with Crippen molar-refractivity contribution in [2.24, 2.45) is 5.92 Å². The Morgan fingerprint density at radius 1 is 1.43 bits per heavy atom. The van der Waals surface area contributed by atoms with Gasteiger partial charge in [0.15, 0.2) is 0 Å². The number of nitrogens with zero attached hydrogens (tertiary/aromatic N) is 1. The van der Waals surface area contributed by atoms with Crippen molar-refractivity contribution in [3.8, 4) is 0 Å². The lowest BCUT2D eigenvalue weighted by Gasteiger charge is -2.26. The number of amides is 2. The van der Waals surface area contributed by atoms with Crippen LogP contribution in [0, 0.1) is 5.92 Å². The number of thiophene rings is 1. The highest BCUT2D eigenvalue weighted by Gasteiger charge is 2.32. The number of urea groups is 1. The van der Waals surface area contributed by atoms with Gasteiger partial charge >= 0.3 is 12.0 Å². The number of likely N-dealkylation sites (tertiary alicyclic amines) is 1. The Labute approximate surface area is 131 Å². The number of hydrogen-bond acceptors (Lipinski definition) is 3. The topological polar surface area (TPSA) is 69.6 Å². The van der Waals surface area contributed by atoms with Crippen LogP contribution in [0.1, 0.15) is 35.7 Å². The minimum atomic E-state index is -0.824. The first-order valence-electron chi connectivity index (χ1n) is 7.11. The standard InChI is InChI=1S/C14H17ClN2O3S/c15-12-6-9-10(2-1-3-11(9)21-12)16-14(20)17-5-4-8(7-17)13(18)19/h6,8,10H,1-5,7H2,(H,16,20)(H,18,19). The van der Waals surface area contributed by atoms with Gasteiger partial charge in [-0.3, -0.25) is 4.79 Å². The van der Waals surface area contributed by atoms with Crippen molar-refractivity contribution in [1.82, 2.24) is 10.2 Å². The van der Waals surface area contributed by atoms with Gasteiger partial charge in [0.25, 0.3) is 0 Å². The molecule has 2 unspecified atom stereocenters. The Kier molecular flexibility index (Phi) is 4.08. The average Bonchev–Trinajstić information content (AvgIpc) is 3.04. The second kappa shape index (κ2) is 5.85. The molecule has 1 aromatic heterocycles. The monoisotopic (exact) mass is 328 g/mol. The molecule has 2 aliphatic rings. The molecule has 0 bridgehead atoms. The zero-order chi connectivity index (χ0) is 15.0. The molecule has 2 atom stereocenters. The predicted molar refractivity (Wildman–Crippen MR) is 80.9 cm³/mol. The Balaban J connectivity index is 1.65. The number of fused-ring (bicyclic) bond motifs is 1. The summed E-state index contributed by atoms with van der Waals surface area (Å²) in [4.78, 5) is 26.1. The molecule has 1 aliphatic carbocycles. The zero-order valence-electron chi connectivity index (χ0n) is 11.5. The Hall–Kier alpha value is -1.27. The third-order valence-electron chi connectivity index (χ3n) is 4.21. The van der Waals surface area contributed by atoms with Gasteiger partial charge in [-0.15, -0.1) is 11.3 Å². The van der Waals surface area contributed by atoms with E-state index in [1.807, 2.05) is 6.07 Å². The van der Waals surface area contributed by atoms with Gasteiger partial charge < -0.3 is 15.3 Å². The molecule has 0 radical (unpaired) electrons. The molecule has 21 heavy (non-hydrogen) atoms. The fourth-order valence-corrected chi connectivity index (χ4v) is 4.44. The molecule has 0 saturated carbocycles. The summed E-state index contributed by atoms with van der Waals surface area (Å²) in [7, 11) is 0. The van der Waals surface area contributed by atoms with E-state index in [0.717, 1.165) is 29.2 Å². The number of aliphatic carboxylic acids is 1. The van der Waals surface area contributed by atoms with Crippen LogP contribution in [0.15, 0.2) is 6.07 Å². The molecule has 1 fully saturated rings. The van der Waals surface area contributed by atoms with Crippen molar-refractivity contribution in [3.63, 3.8) is 0 Å². The maximum absolute atomic E-state index is 12.3. The highest BCUT2D eigenvalue weighted by Crippen LogP contribution is 2.37. The number of halogens is 1. The minimum absolute atomic E-state index is 0.00567. The summed E-state index contributed by atoms with van der Waals surface area (Å²) < 4.78 is 0.758. The van der Waals surface area contributed by atoms with Gasteiger partial charge in [-0.1, -0.05) is 11.6 Å². The van der Waals surface area contributed by atoms with E-state index in [2.05, 4.69) is 5.32 Å². The number of carboxylic acids is 1. The summed E-state index contributed by atoms with van der Waals surface area (Å²) in [6.45, 7) is 0.803. The molecule has 2 N–H and O–H groups in total. The minimum Gasteiger partial charge on any atom is -0.481 e. The highest BCUT2D eigenvalue weighted by atomic mass is 35.5. The fourth-order valence-electron chi connectivity index (χ4n) is 3.06. The zero-order valence-corrected chi connectivity index (χ0v) is 13.0. The van der Waals surface area contributed by atoms with Gasteiger partial charge in [-0.25, -0.2) is 4.79 Å². The second-order valence-corrected chi connectivity index (χ2v) is 7.36. The van der Waals surface area contributed by atoms with Crippen LogP contribution in [0.3, 0.4) is 0 Å². The molecular formula is C14H17ClN2O3S. The van der Waals surface area contributed by atoms with Crippen molar-refractivity contribution in [3.05, 3.63) is 20.8 Å². The SMILES string of the molecule is O=C(O)C1CCN(C(=O)NC2CCCc3sc(Cl)cc32)C1. The molecular weight excluding hydrogens is 312 g/mol. The number of aryl methyl sites for hydroxylation is 1. The Bertz CT molecular complexity index is 575. The average molecular weight is 329 g/mol. The summed E-state index contributed by atoms with van der Waals surface area (Å²) in [6, 6.07) is 1.77. The van der Waals surface area contributed by atoms with Crippen LogP contribution < -0.4 is 5.32 Å². The summed E-state index contributed by atoms with van der Waals surface area (Å²) in [5.41, 5.74) is 1.12. The summed E-state index contributed by atoms with van der Waals surface area (Å²) >= 11 is 7.64. The van der Waals surface area contributed by atoms with Gasteiger partial charge in [0.1, 0.15) is 0 Å². The number of hydrogen-bond donors (Lipinski definition) is 2. The number of rotatable bonds is 2. The van der Waals surface area contributed by atoms with Crippen molar-refractivity contribution in [2.75, 3.05) is 13.1 Å². The molecule has 5 nitrogen and oxygen atoms in total. The van der Waals surface area contributed by atoms with Gasteiger partial charge in [-0.05, 0) is 37.3 Å². The molecule has 2 heterocycles. The maximum atomic E-state index is 12.3. The Morgan fingerprint density at radius 2 is 2.24 bits per heavy atom. The van der Waals surface area contributed by atoms with E-state index < -0.39 is 11.9 Å². The lowest BCUT2D eigenvalue weighted by atomic mass is 9.94. The van der Waals surface area contributed by atoms with E-state index >= 15 is 0 Å². The lowest BCUT2D eigenvalue weighted by molar-refractivity contribution is -0.141. The van der Waals surface area contributed by atoms with E-state index in [4.69, 9.17) is 16.7 Å². The van der Waals surface area contributed by atoms with Crippen LogP contribution in [0.4, 0.5) is 4.79 Å². The van der Waals surface area contributed by atoms with E-state index in [9.17, 15) is 9.59 Å². The number of carboxylic acid groups (broad SMARTS) is 1. The molecule has 1 aliphatic heterocycles. The fraction of sp³-hybridized carbons (Fsp3) is 0.571. The third kappa shape index (κ3) is 3.01. The van der Waals surface area contributed by atoms with Crippen LogP contribution in [0.25, 0.3) is 0 Å². The van der Waals surface area contributed by atoms with Crippen LogP contribution in [-0.2, 0) is 11.2 Å². The second-order valence-electron chi connectivity index (χ2n) is 5.59. The number of carbonyl (C=O) groups is 2. The van der Waals surface area contributed by atoms with Crippen molar-refractivity contribution in [1.29, 1.82) is 0 Å². The van der Waals surface area contributed by atoms with Crippen molar-refractivity contribution < 1.29 is 14.7 Å². The molecule has 7 heteroatoms. The first-order valence-corrected chi connectivity index (χ1v) is 8.30. The van der Waals surface area contributed by atoms with Gasteiger partial charge in [0, 0.05) is 18.0 Å². The Morgan fingerprint density at radius 3 is 2.95 bits per heavy atom. The maximum Gasteiger partial charge on any atom is 0.317 e. The largest absolute Gasteiger partial charge is 0.481 e. The van der Waals surface area contributed by atoms with Crippen molar-refractivity contribution >= 4 is 34.9 Å². The smallest absolute Gasteiger partial charge is 0.317 e. The quantitative estimate of drug-likeness (QED) is 0.877. The van der Waals surface area contributed by atoms with E-state index in [-0.39, 0.29) is 12.1 Å². The predicted octanol–water partition coefficient (Wildman–Crippen LogP) is 2.90. The molecule has 0 aromatic carbocycles. The summed E-state index contributed by atoms with van der Waals surface area (Å²) in [5, 5.41) is 12.0. The highest BCUT2D eigenvalue weighted by molar-refractivity contribution is 7.16. The summed E-state index contributed by atoms with van der Waals surface area (Å²) in [5.74, 6) is -1.26. The summed E-state index contributed by atoms with van der Waals surface area (Å²) in [6.07, 6.45) is 3.49. The van der Waals surface area contributed by atoms with Crippen LogP contribution in [0.5, 0.6) is 0 Å². The normalized spacial score (nSPS) is 24.7. The van der Waals surface area contributed by atoms with Gasteiger partial charge in [0.05, 0.1) is 16.3 Å². The van der Waals surface area contributed by atoms with E-state index in [1.165, 1.54) is 4.88 Å². The van der Waals surface area contributed by atoms with E-state index in [0.29, 0.717) is 19.5 Å². The van der Waals surface area contributed by atoms with Gasteiger partial charge in [0.2, 0.25) is 0 Å². The number of nitrogens with one attached hydrogen (secondary N) is 1. The van der Waals surface area contributed by atoms with Crippen LogP contribution >= 0.6 is 22.9 Å². The molecule has 0 spiro atoms. The molecule has 1 aromatic rings. The third-order valence-corrected chi connectivity index (χ3v) is 5.55. The molecule has 1 saturated heterocycles. The first kappa shape index (κ1) is 14.7. The molecule has 2 amide bonds. The molecule has 3 rings (SSSR count). The van der Waals surface area contributed by atoms with E-state index in [1.54, 1.807) is 16.2 Å². The lowest BCUT2D eigenvalue weighted by Crippen LogP contribution is -2.41. The molecule has 114 valence electrons. The van der Waals surface area contributed by atoms with Crippen LogP contribution in [-0.4, -0.2) is 35.1 Å². The van der Waals surface area contributed by atoms with Crippen LogP contribution in [0.2, 0.25) is 4.34 Å².